The van der Waals surface area contributed by atoms with E-state index >= 15 is 0 Å². The van der Waals surface area contributed by atoms with E-state index in [0.29, 0.717) is 0 Å². The molecule has 8 rings (SSSR count). The van der Waals surface area contributed by atoms with Crippen molar-refractivity contribution in [3.63, 3.8) is 0 Å². The van der Waals surface area contributed by atoms with Crippen LogP contribution in [0.5, 0.6) is 0 Å². The van der Waals surface area contributed by atoms with E-state index in [1.54, 1.807) is 0 Å². The number of nitrogens with zero attached hydrogens (tertiary/aromatic N) is 3. The summed E-state index contributed by atoms with van der Waals surface area (Å²) in [6.45, 7) is 2.19. The summed E-state index contributed by atoms with van der Waals surface area (Å²) in [5.74, 6) is 1.07. The van der Waals surface area contributed by atoms with Crippen LogP contribution >= 0.6 is 11.3 Å². The quantitative estimate of drug-likeness (QED) is 0.224. The Bertz CT molecular complexity index is 2170. The molecule has 3 heterocycles. The fourth-order valence-electron chi connectivity index (χ4n) is 5.88. The smallest absolute Gasteiger partial charge is 0.114 e. The Hall–Kier alpha value is -4.54. The fourth-order valence-corrected chi connectivity index (χ4v) is 7.09. The number of benzene rings is 5. The van der Waals surface area contributed by atoms with Crippen LogP contribution in [0.25, 0.3) is 69.8 Å². The number of rotatable bonds is 3. The first-order valence-corrected chi connectivity index (χ1v) is 13.8. The minimum Gasteiger partial charge on any atom is -0.295 e. The van der Waals surface area contributed by atoms with E-state index in [0.717, 1.165) is 40.1 Å². The van der Waals surface area contributed by atoms with Crippen LogP contribution in [0, 0.1) is 0 Å². The lowest BCUT2D eigenvalue weighted by atomic mass is 9.95. The van der Waals surface area contributed by atoms with Crippen molar-refractivity contribution in [2.75, 3.05) is 0 Å². The molecule has 0 bridgehead atoms. The molecular weight excluding hydrogens is 482 g/mol. The van der Waals surface area contributed by atoms with Crippen molar-refractivity contribution in [2.45, 2.75) is 13.3 Å². The Morgan fingerprint density at radius 3 is 2.21 bits per heavy atom. The second-order valence-corrected chi connectivity index (χ2v) is 10.7. The van der Waals surface area contributed by atoms with Gasteiger partial charge in [0, 0.05) is 43.6 Å². The largest absolute Gasteiger partial charge is 0.295 e. The average molecular weight is 506 g/mol. The van der Waals surface area contributed by atoms with Crippen LogP contribution < -0.4 is 0 Å². The van der Waals surface area contributed by atoms with Crippen LogP contribution in [0.15, 0.2) is 109 Å². The third-order valence-electron chi connectivity index (χ3n) is 7.52. The topological polar surface area (TPSA) is 30.7 Å². The monoisotopic (exact) mass is 505 g/mol. The molecule has 0 fully saturated rings. The number of fused-ring (bicyclic) bond motifs is 8. The number of pyridine rings is 1. The van der Waals surface area contributed by atoms with Crippen LogP contribution in [-0.2, 0) is 6.42 Å². The minimum absolute atomic E-state index is 0.848. The number of hydrogen-bond acceptors (Lipinski definition) is 3. The van der Waals surface area contributed by atoms with Gasteiger partial charge < -0.3 is 0 Å². The molecule has 3 nitrogen and oxygen atoms in total. The van der Waals surface area contributed by atoms with Crippen molar-refractivity contribution in [2.24, 2.45) is 0 Å². The number of imidazole rings is 1. The Kier molecular flexibility index (Phi) is 4.67. The summed E-state index contributed by atoms with van der Waals surface area (Å²) >= 11 is 1.87. The lowest BCUT2D eigenvalue weighted by Gasteiger charge is -2.16. The number of para-hydroxylation sites is 3. The lowest BCUT2D eigenvalue weighted by Crippen LogP contribution is -2.01. The first kappa shape index (κ1) is 21.5. The van der Waals surface area contributed by atoms with Gasteiger partial charge in [-0.05, 0) is 30.3 Å². The molecule has 0 saturated heterocycles. The van der Waals surface area contributed by atoms with E-state index < -0.39 is 0 Å². The van der Waals surface area contributed by atoms with Gasteiger partial charge in [0.2, 0.25) is 0 Å². The highest BCUT2D eigenvalue weighted by molar-refractivity contribution is 7.26. The zero-order valence-corrected chi connectivity index (χ0v) is 21.7. The van der Waals surface area contributed by atoms with Crippen molar-refractivity contribution >= 4 is 64.2 Å². The summed E-state index contributed by atoms with van der Waals surface area (Å²) in [6.07, 6.45) is 0.848. The second kappa shape index (κ2) is 8.23. The molecule has 180 valence electrons. The van der Waals surface area contributed by atoms with Crippen molar-refractivity contribution in [3.8, 4) is 16.9 Å². The molecule has 0 aliphatic heterocycles. The Labute approximate surface area is 223 Å². The van der Waals surface area contributed by atoms with Gasteiger partial charge in [-0.15, -0.1) is 11.3 Å². The molecule has 3 aromatic heterocycles. The van der Waals surface area contributed by atoms with Crippen LogP contribution in [0.4, 0.5) is 0 Å². The summed E-state index contributed by atoms with van der Waals surface area (Å²) in [4.78, 5) is 10.3. The molecule has 0 saturated carbocycles. The van der Waals surface area contributed by atoms with Gasteiger partial charge in [-0.3, -0.25) is 4.57 Å². The van der Waals surface area contributed by atoms with Gasteiger partial charge in [0.1, 0.15) is 5.82 Å². The van der Waals surface area contributed by atoms with E-state index in [1.165, 1.54) is 42.0 Å². The standard InChI is InChI=1S/C34H23N3S/c1-2-30-35-26-17-9-10-18-27(26)37(30)28-20-24-31(32-23-15-7-11-19-29(23)38-34(28)32)22-14-6-8-16-25(22)36-33(24)21-12-4-3-5-13-21/h3-20H,2H2,1H3. The molecule has 4 heteroatoms. The molecule has 0 spiro atoms. The van der Waals surface area contributed by atoms with E-state index in [9.17, 15) is 0 Å². The number of hydrogen-bond donors (Lipinski definition) is 0. The predicted octanol–water partition coefficient (Wildman–Crippen LogP) is 9.32. The van der Waals surface area contributed by atoms with Gasteiger partial charge >= 0.3 is 0 Å². The van der Waals surface area contributed by atoms with Gasteiger partial charge in [0.25, 0.3) is 0 Å². The van der Waals surface area contributed by atoms with Crippen LogP contribution in [0.1, 0.15) is 12.7 Å². The molecule has 5 aromatic carbocycles. The molecule has 0 amide bonds. The first-order valence-electron chi connectivity index (χ1n) is 13.0. The van der Waals surface area contributed by atoms with E-state index in [4.69, 9.17) is 9.97 Å². The van der Waals surface area contributed by atoms with E-state index in [1.807, 2.05) is 11.3 Å². The normalized spacial score (nSPS) is 11.9. The van der Waals surface area contributed by atoms with Gasteiger partial charge in [-0.2, -0.15) is 0 Å². The summed E-state index contributed by atoms with van der Waals surface area (Å²) in [5, 5.41) is 6.22. The number of thiophene rings is 1. The third kappa shape index (κ3) is 3.01. The Balaban J connectivity index is 1.67. The van der Waals surface area contributed by atoms with Crippen LogP contribution in [0.3, 0.4) is 0 Å². The molecule has 0 N–H and O–H groups in total. The number of aromatic nitrogens is 3. The third-order valence-corrected chi connectivity index (χ3v) is 8.72. The fraction of sp³-hybridized carbons (Fsp3) is 0.0588. The highest BCUT2D eigenvalue weighted by Gasteiger charge is 2.22. The average Bonchev–Trinajstić information content (AvgIpc) is 3.55. The summed E-state index contributed by atoms with van der Waals surface area (Å²) < 4.78 is 4.95. The molecule has 0 aliphatic rings. The maximum Gasteiger partial charge on any atom is 0.114 e. The van der Waals surface area contributed by atoms with Crippen molar-refractivity contribution in [3.05, 3.63) is 115 Å². The van der Waals surface area contributed by atoms with Gasteiger partial charge in [0.05, 0.1) is 32.6 Å². The highest BCUT2D eigenvalue weighted by atomic mass is 32.1. The van der Waals surface area contributed by atoms with Gasteiger partial charge in [-0.25, -0.2) is 9.97 Å². The molecule has 0 radical (unpaired) electrons. The zero-order valence-electron chi connectivity index (χ0n) is 20.8. The van der Waals surface area contributed by atoms with E-state index in [-0.39, 0.29) is 0 Å². The van der Waals surface area contributed by atoms with Crippen molar-refractivity contribution in [1.82, 2.24) is 14.5 Å². The Morgan fingerprint density at radius 2 is 1.37 bits per heavy atom. The van der Waals surface area contributed by atoms with Crippen molar-refractivity contribution < 1.29 is 0 Å². The summed E-state index contributed by atoms with van der Waals surface area (Å²) in [6, 6.07) is 38.8. The maximum absolute atomic E-state index is 5.25. The Morgan fingerprint density at radius 1 is 0.658 bits per heavy atom. The minimum atomic E-state index is 0.848. The number of aryl methyl sites for hydroxylation is 1. The first-order chi connectivity index (χ1) is 18.8. The second-order valence-electron chi connectivity index (χ2n) is 9.67. The van der Waals surface area contributed by atoms with E-state index in [2.05, 4.69) is 121 Å². The molecule has 0 unspecified atom stereocenters. The lowest BCUT2D eigenvalue weighted by molar-refractivity contribution is 0.914. The molecule has 0 aliphatic carbocycles. The van der Waals surface area contributed by atoms with Crippen molar-refractivity contribution in [1.29, 1.82) is 0 Å². The molecular formula is C34H23N3S. The summed E-state index contributed by atoms with van der Waals surface area (Å²) in [5.41, 5.74) is 6.50. The van der Waals surface area contributed by atoms with Crippen LogP contribution in [0.2, 0.25) is 0 Å². The van der Waals surface area contributed by atoms with Gasteiger partial charge in [-0.1, -0.05) is 85.8 Å². The zero-order chi connectivity index (χ0) is 25.2. The summed E-state index contributed by atoms with van der Waals surface area (Å²) in [7, 11) is 0. The highest BCUT2D eigenvalue weighted by Crippen LogP contribution is 2.46. The molecule has 8 aromatic rings. The SMILES string of the molecule is CCc1nc2ccccc2n1-c1cc2c(-c3ccccc3)nc3ccccc3c2c2c1sc1ccccc12. The van der Waals surface area contributed by atoms with Gasteiger partial charge in [0.15, 0.2) is 0 Å². The maximum atomic E-state index is 5.25. The molecule has 0 atom stereocenters. The van der Waals surface area contributed by atoms with Crippen LogP contribution in [-0.4, -0.2) is 14.5 Å². The predicted molar refractivity (Wildman–Crippen MR) is 162 cm³/mol. The molecule has 38 heavy (non-hydrogen) atoms.